The highest BCUT2D eigenvalue weighted by atomic mass is 32.2. The molecule has 1 heterocycles. The molecule has 0 unspecified atom stereocenters. The van der Waals surface area contributed by atoms with Gasteiger partial charge in [0.15, 0.2) is 0 Å². The van der Waals surface area contributed by atoms with Crippen LogP contribution in [0.25, 0.3) is 0 Å². The molecular weight excluding hydrogens is 405 g/mol. The molecule has 162 valence electrons. The average molecular weight is 434 g/mol. The lowest BCUT2D eigenvalue weighted by Crippen LogP contribution is -2.48. The van der Waals surface area contributed by atoms with Gasteiger partial charge in [0, 0.05) is 31.9 Å². The molecule has 1 aliphatic rings. The molecular formula is C22H28FN3O3S. The molecule has 0 bridgehead atoms. The Bertz CT molecular complexity index is 999. The molecule has 2 aromatic rings. The van der Waals surface area contributed by atoms with Gasteiger partial charge in [-0.15, -0.1) is 0 Å². The van der Waals surface area contributed by atoms with Crippen molar-refractivity contribution in [2.24, 2.45) is 0 Å². The molecule has 6 nitrogen and oxygen atoms in total. The summed E-state index contributed by atoms with van der Waals surface area (Å²) in [5, 5.41) is 2.80. The minimum Gasteiger partial charge on any atom is -0.325 e. The van der Waals surface area contributed by atoms with Crippen molar-refractivity contribution >= 4 is 21.6 Å². The quantitative estimate of drug-likeness (QED) is 0.760. The lowest BCUT2D eigenvalue weighted by molar-refractivity contribution is -0.120. The Labute approximate surface area is 177 Å². The van der Waals surface area contributed by atoms with Gasteiger partial charge >= 0.3 is 0 Å². The molecule has 8 heteroatoms. The zero-order valence-corrected chi connectivity index (χ0v) is 18.4. The van der Waals surface area contributed by atoms with E-state index < -0.39 is 15.4 Å². The molecule has 1 amide bonds. The number of hydrogen-bond acceptors (Lipinski definition) is 4. The van der Waals surface area contributed by atoms with Crippen molar-refractivity contribution in [3.63, 3.8) is 0 Å². The summed E-state index contributed by atoms with van der Waals surface area (Å²) in [7, 11) is -3.63. The van der Waals surface area contributed by atoms with E-state index in [4.69, 9.17) is 0 Å². The lowest BCUT2D eigenvalue weighted by Gasteiger charge is -2.33. The Morgan fingerprint density at radius 1 is 1.07 bits per heavy atom. The summed E-state index contributed by atoms with van der Waals surface area (Å²) in [5.74, 6) is -0.673. The van der Waals surface area contributed by atoms with Crippen LogP contribution in [0.3, 0.4) is 0 Å². The number of halogens is 1. The average Bonchev–Trinajstić information content (AvgIpc) is 2.74. The summed E-state index contributed by atoms with van der Waals surface area (Å²) < 4.78 is 40.8. The number of benzene rings is 2. The third-order valence-corrected chi connectivity index (χ3v) is 7.54. The van der Waals surface area contributed by atoms with E-state index in [1.165, 1.54) is 22.5 Å². The second kappa shape index (κ2) is 8.83. The second-order valence-electron chi connectivity index (χ2n) is 7.95. The molecule has 1 fully saturated rings. The number of nitrogens with one attached hydrogen (secondary N) is 1. The molecule has 3 rings (SSSR count). The summed E-state index contributed by atoms with van der Waals surface area (Å²) in [6.45, 7) is 8.75. The summed E-state index contributed by atoms with van der Waals surface area (Å²) >= 11 is 0. The van der Waals surface area contributed by atoms with E-state index in [2.05, 4.69) is 17.1 Å². The van der Waals surface area contributed by atoms with Crippen LogP contribution >= 0.6 is 0 Å². The first kappa shape index (κ1) is 22.4. The second-order valence-corrected chi connectivity index (χ2v) is 9.89. The fraction of sp³-hybridized carbons (Fsp3) is 0.409. The number of rotatable bonds is 6. The van der Waals surface area contributed by atoms with Crippen molar-refractivity contribution in [2.45, 2.75) is 31.1 Å². The third-order valence-electron chi connectivity index (χ3n) is 5.64. The standard InChI is InChI=1S/C22H28FN3O3S/c1-4-25-12-14-26(15-13-25)30(28,29)20-7-5-6-19(16-20)24-21(27)22(2,3)17-8-10-18(23)11-9-17/h5-11,16H,4,12-15H2,1-3H3,(H,24,27). The Kier molecular flexibility index (Phi) is 6.59. The number of anilines is 1. The lowest BCUT2D eigenvalue weighted by atomic mass is 9.83. The molecule has 1 saturated heterocycles. The molecule has 0 atom stereocenters. The highest BCUT2D eigenvalue weighted by molar-refractivity contribution is 7.89. The van der Waals surface area contributed by atoms with E-state index in [1.54, 1.807) is 44.2 Å². The van der Waals surface area contributed by atoms with Crippen LogP contribution in [0.15, 0.2) is 53.4 Å². The number of carbonyl (C=O) groups is 1. The van der Waals surface area contributed by atoms with Gasteiger partial charge in [-0.3, -0.25) is 4.79 Å². The van der Waals surface area contributed by atoms with Gasteiger partial charge in [-0.25, -0.2) is 12.8 Å². The molecule has 0 radical (unpaired) electrons. The summed E-state index contributed by atoms with van der Waals surface area (Å²) in [4.78, 5) is 15.2. The van der Waals surface area contributed by atoms with Crippen LogP contribution in [0.4, 0.5) is 10.1 Å². The van der Waals surface area contributed by atoms with Crippen molar-refractivity contribution < 1.29 is 17.6 Å². The van der Waals surface area contributed by atoms with E-state index in [0.29, 0.717) is 37.4 Å². The van der Waals surface area contributed by atoms with Crippen LogP contribution in [0, 0.1) is 5.82 Å². The molecule has 0 aliphatic carbocycles. The highest BCUT2D eigenvalue weighted by Crippen LogP contribution is 2.27. The molecule has 0 saturated carbocycles. The van der Waals surface area contributed by atoms with Gasteiger partial charge in [-0.05, 0) is 56.3 Å². The summed E-state index contributed by atoms with van der Waals surface area (Å²) in [6.07, 6.45) is 0. The molecule has 30 heavy (non-hydrogen) atoms. The Balaban J connectivity index is 1.76. The molecule has 2 aromatic carbocycles. The maximum absolute atomic E-state index is 13.2. The van der Waals surface area contributed by atoms with Gasteiger partial charge in [0.1, 0.15) is 5.82 Å². The Hall–Kier alpha value is -2.29. The smallest absolute Gasteiger partial charge is 0.243 e. The van der Waals surface area contributed by atoms with Crippen molar-refractivity contribution in [2.75, 3.05) is 38.0 Å². The maximum Gasteiger partial charge on any atom is 0.243 e. The molecule has 1 aliphatic heterocycles. The van der Waals surface area contributed by atoms with Crippen molar-refractivity contribution in [3.8, 4) is 0 Å². The van der Waals surface area contributed by atoms with Crippen LogP contribution in [0.1, 0.15) is 26.3 Å². The predicted molar refractivity (Wildman–Crippen MR) is 115 cm³/mol. The summed E-state index contributed by atoms with van der Waals surface area (Å²) in [6, 6.07) is 12.1. The van der Waals surface area contributed by atoms with Crippen LogP contribution < -0.4 is 5.32 Å². The number of carbonyl (C=O) groups excluding carboxylic acids is 1. The van der Waals surface area contributed by atoms with E-state index in [1.807, 2.05) is 0 Å². The highest BCUT2D eigenvalue weighted by Gasteiger charge is 2.31. The predicted octanol–water partition coefficient (Wildman–Crippen LogP) is 3.07. The Morgan fingerprint density at radius 2 is 1.70 bits per heavy atom. The van der Waals surface area contributed by atoms with Gasteiger partial charge in [0.05, 0.1) is 10.3 Å². The third kappa shape index (κ3) is 4.71. The topological polar surface area (TPSA) is 69.7 Å². The van der Waals surface area contributed by atoms with Gasteiger partial charge in [0.2, 0.25) is 15.9 Å². The van der Waals surface area contributed by atoms with E-state index in [9.17, 15) is 17.6 Å². The summed E-state index contributed by atoms with van der Waals surface area (Å²) in [5.41, 5.74) is 0.154. The largest absolute Gasteiger partial charge is 0.325 e. The first-order valence-corrected chi connectivity index (χ1v) is 11.5. The molecule has 1 N–H and O–H groups in total. The van der Waals surface area contributed by atoms with Gasteiger partial charge < -0.3 is 10.2 Å². The van der Waals surface area contributed by atoms with E-state index >= 15 is 0 Å². The number of sulfonamides is 1. The SMILES string of the molecule is CCN1CCN(S(=O)(=O)c2cccc(NC(=O)C(C)(C)c3ccc(F)cc3)c2)CC1. The van der Waals surface area contributed by atoms with Crippen LogP contribution in [0.5, 0.6) is 0 Å². The number of amides is 1. The molecule has 0 aromatic heterocycles. The molecule has 0 spiro atoms. The van der Waals surface area contributed by atoms with E-state index in [-0.39, 0.29) is 16.6 Å². The van der Waals surface area contributed by atoms with Gasteiger partial charge in [-0.2, -0.15) is 4.31 Å². The van der Waals surface area contributed by atoms with Gasteiger partial charge in [0.25, 0.3) is 0 Å². The minimum absolute atomic E-state index is 0.157. The van der Waals surface area contributed by atoms with E-state index in [0.717, 1.165) is 6.54 Å². The minimum atomic E-state index is -3.63. The van der Waals surface area contributed by atoms with Crippen LogP contribution in [-0.2, 0) is 20.2 Å². The number of likely N-dealkylation sites (N-methyl/N-ethyl adjacent to an activating group) is 1. The van der Waals surface area contributed by atoms with Crippen molar-refractivity contribution in [1.29, 1.82) is 0 Å². The number of piperazine rings is 1. The monoisotopic (exact) mass is 433 g/mol. The Morgan fingerprint density at radius 3 is 2.30 bits per heavy atom. The zero-order chi connectivity index (χ0) is 21.9. The maximum atomic E-state index is 13.2. The number of hydrogen-bond donors (Lipinski definition) is 1. The zero-order valence-electron chi connectivity index (χ0n) is 17.6. The van der Waals surface area contributed by atoms with Crippen molar-refractivity contribution in [1.82, 2.24) is 9.21 Å². The van der Waals surface area contributed by atoms with Crippen LogP contribution in [-0.4, -0.2) is 56.3 Å². The number of nitrogens with zero attached hydrogens (tertiary/aromatic N) is 2. The van der Waals surface area contributed by atoms with Crippen LogP contribution in [0.2, 0.25) is 0 Å². The normalized spacial score (nSPS) is 16.4. The fourth-order valence-corrected chi connectivity index (χ4v) is 4.92. The van der Waals surface area contributed by atoms with Crippen molar-refractivity contribution in [3.05, 3.63) is 59.9 Å². The fourth-order valence-electron chi connectivity index (χ4n) is 3.45. The first-order chi connectivity index (χ1) is 14.1. The van der Waals surface area contributed by atoms with Gasteiger partial charge in [-0.1, -0.05) is 25.1 Å². The first-order valence-electron chi connectivity index (χ1n) is 10.0.